The molecule has 2 atom stereocenters. The Morgan fingerprint density at radius 1 is 1.39 bits per heavy atom. The number of amides is 1. The summed E-state index contributed by atoms with van der Waals surface area (Å²) in [6.07, 6.45) is 7.19. The zero-order chi connectivity index (χ0) is 13.0. The largest absolute Gasteiger partial charge is 0.342 e. The van der Waals surface area contributed by atoms with Crippen LogP contribution >= 0.6 is 0 Å². The highest BCUT2D eigenvalue weighted by atomic mass is 16.2. The fourth-order valence-electron chi connectivity index (χ4n) is 3.64. The van der Waals surface area contributed by atoms with Crippen molar-refractivity contribution in [1.82, 2.24) is 10.2 Å². The van der Waals surface area contributed by atoms with Gasteiger partial charge in [-0.15, -0.1) is 0 Å². The van der Waals surface area contributed by atoms with Gasteiger partial charge in [-0.25, -0.2) is 0 Å². The molecule has 0 radical (unpaired) electrons. The molecule has 0 aromatic rings. The van der Waals surface area contributed by atoms with Crippen LogP contribution in [0.2, 0.25) is 0 Å². The Morgan fingerprint density at radius 3 is 2.83 bits per heavy atom. The van der Waals surface area contributed by atoms with E-state index >= 15 is 0 Å². The van der Waals surface area contributed by atoms with E-state index in [0.29, 0.717) is 11.3 Å². The normalized spacial score (nSPS) is 30.4. The fraction of sp³-hybridized carbons (Fsp3) is 0.933. The average molecular weight is 252 g/mol. The first-order chi connectivity index (χ1) is 8.67. The van der Waals surface area contributed by atoms with Gasteiger partial charge in [-0.3, -0.25) is 4.79 Å². The van der Waals surface area contributed by atoms with E-state index in [4.69, 9.17) is 0 Å². The van der Waals surface area contributed by atoms with Crippen LogP contribution < -0.4 is 5.32 Å². The summed E-state index contributed by atoms with van der Waals surface area (Å²) in [6.45, 7) is 8.49. The maximum Gasteiger partial charge on any atom is 0.225 e. The summed E-state index contributed by atoms with van der Waals surface area (Å²) in [5.74, 6) is 0.600. The van der Waals surface area contributed by atoms with Crippen LogP contribution in [0.15, 0.2) is 0 Å². The van der Waals surface area contributed by atoms with Crippen molar-refractivity contribution in [3.8, 4) is 0 Å². The Balaban J connectivity index is 1.95. The highest BCUT2D eigenvalue weighted by Crippen LogP contribution is 2.36. The molecule has 2 aliphatic heterocycles. The number of rotatable bonds is 3. The summed E-state index contributed by atoms with van der Waals surface area (Å²) in [6, 6.07) is 0. The maximum absolute atomic E-state index is 12.4. The molecule has 2 unspecified atom stereocenters. The minimum absolute atomic E-state index is 0.210. The van der Waals surface area contributed by atoms with Gasteiger partial charge in [-0.1, -0.05) is 20.3 Å². The van der Waals surface area contributed by atoms with E-state index in [1.807, 2.05) is 0 Å². The Morgan fingerprint density at radius 2 is 2.17 bits per heavy atom. The van der Waals surface area contributed by atoms with Gasteiger partial charge in [-0.05, 0) is 38.6 Å². The first-order valence-electron chi connectivity index (χ1n) is 7.66. The summed E-state index contributed by atoms with van der Waals surface area (Å²) in [7, 11) is 0. The van der Waals surface area contributed by atoms with Crippen molar-refractivity contribution < 1.29 is 4.79 Å². The molecule has 0 bridgehead atoms. The first kappa shape index (κ1) is 13.9. The maximum atomic E-state index is 12.4. The van der Waals surface area contributed by atoms with Gasteiger partial charge >= 0.3 is 0 Å². The van der Waals surface area contributed by atoms with Gasteiger partial charge in [0.15, 0.2) is 0 Å². The number of piperidine rings is 2. The SMILES string of the molecule is CCCC(C)C(=O)N1CCCC2(CCCNC2)C1. The Bertz CT molecular complexity index is 279. The molecule has 2 saturated heterocycles. The molecule has 3 heteroatoms. The van der Waals surface area contributed by atoms with E-state index in [-0.39, 0.29) is 5.92 Å². The topological polar surface area (TPSA) is 32.3 Å². The number of nitrogens with zero attached hydrogens (tertiary/aromatic N) is 1. The average Bonchev–Trinajstić information content (AvgIpc) is 2.39. The van der Waals surface area contributed by atoms with Crippen LogP contribution in [0, 0.1) is 11.3 Å². The third-order valence-corrected chi connectivity index (χ3v) is 4.68. The molecule has 2 rings (SSSR count). The van der Waals surface area contributed by atoms with Crippen LogP contribution in [0.5, 0.6) is 0 Å². The molecule has 2 aliphatic rings. The van der Waals surface area contributed by atoms with Crippen LogP contribution in [-0.2, 0) is 4.79 Å². The third kappa shape index (κ3) is 3.05. The lowest BCUT2D eigenvalue weighted by atomic mass is 9.74. The standard InChI is InChI=1S/C15H28N2O/c1-3-6-13(2)14(18)17-10-5-8-15(12-17)7-4-9-16-11-15/h13,16H,3-12H2,1-2H3. The molecule has 1 N–H and O–H groups in total. The Labute approximate surface area is 111 Å². The number of likely N-dealkylation sites (tertiary alicyclic amines) is 1. The minimum Gasteiger partial charge on any atom is -0.342 e. The molecule has 2 fully saturated rings. The van der Waals surface area contributed by atoms with Gasteiger partial charge in [0.05, 0.1) is 0 Å². The van der Waals surface area contributed by atoms with Gasteiger partial charge in [0.1, 0.15) is 0 Å². The number of carbonyl (C=O) groups is 1. The van der Waals surface area contributed by atoms with Crippen LogP contribution in [0.3, 0.4) is 0 Å². The highest BCUT2D eigenvalue weighted by Gasteiger charge is 2.38. The summed E-state index contributed by atoms with van der Waals surface area (Å²) in [4.78, 5) is 14.6. The fourth-order valence-corrected chi connectivity index (χ4v) is 3.64. The predicted octanol–water partition coefficient (Wildman–Crippen LogP) is 2.41. The van der Waals surface area contributed by atoms with Crippen molar-refractivity contribution >= 4 is 5.91 Å². The Kier molecular flexibility index (Phi) is 4.66. The Hall–Kier alpha value is -0.570. The van der Waals surface area contributed by atoms with Gasteiger partial charge < -0.3 is 10.2 Å². The van der Waals surface area contributed by atoms with Crippen LogP contribution in [0.1, 0.15) is 52.4 Å². The summed E-state index contributed by atoms with van der Waals surface area (Å²) in [5, 5.41) is 3.52. The van der Waals surface area contributed by atoms with Gasteiger partial charge in [0, 0.05) is 31.0 Å². The van der Waals surface area contributed by atoms with Crippen molar-refractivity contribution in [2.45, 2.75) is 52.4 Å². The molecule has 1 amide bonds. The van der Waals surface area contributed by atoms with Crippen LogP contribution in [0.25, 0.3) is 0 Å². The molecule has 18 heavy (non-hydrogen) atoms. The lowest BCUT2D eigenvalue weighted by Gasteiger charge is -2.46. The summed E-state index contributed by atoms with van der Waals surface area (Å²) < 4.78 is 0. The van der Waals surface area contributed by atoms with Gasteiger partial charge in [0.25, 0.3) is 0 Å². The van der Waals surface area contributed by atoms with Crippen molar-refractivity contribution in [3.05, 3.63) is 0 Å². The quantitative estimate of drug-likeness (QED) is 0.836. The van der Waals surface area contributed by atoms with Crippen LogP contribution in [0.4, 0.5) is 0 Å². The molecule has 0 aliphatic carbocycles. The second kappa shape index (κ2) is 6.05. The first-order valence-corrected chi connectivity index (χ1v) is 7.66. The van der Waals surface area contributed by atoms with E-state index in [1.165, 1.54) is 25.7 Å². The summed E-state index contributed by atoms with van der Waals surface area (Å²) >= 11 is 0. The lowest BCUT2D eigenvalue weighted by molar-refractivity contribution is -0.139. The number of nitrogens with one attached hydrogen (secondary N) is 1. The smallest absolute Gasteiger partial charge is 0.225 e. The molecule has 3 nitrogen and oxygen atoms in total. The molecule has 104 valence electrons. The monoisotopic (exact) mass is 252 g/mol. The van der Waals surface area contributed by atoms with Crippen molar-refractivity contribution in [2.24, 2.45) is 11.3 Å². The number of hydrogen-bond donors (Lipinski definition) is 1. The van der Waals surface area contributed by atoms with E-state index in [9.17, 15) is 4.79 Å². The highest BCUT2D eigenvalue weighted by molar-refractivity contribution is 5.78. The molecule has 1 spiro atoms. The zero-order valence-electron chi connectivity index (χ0n) is 12.0. The molecular weight excluding hydrogens is 224 g/mol. The van der Waals surface area contributed by atoms with Crippen LogP contribution in [-0.4, -0.2) is 37.0 Å². The molecule has 0 saturated carbocycles. The minimum atomic E-state index is 0.210. The number of carbonyl (C=O) groups excluding carboxylic acids is 1. The van der Waals surface area contributed by atoms with Crippen molar-refractivity contribution in [2.75, 3.05) is 26.2 Å². The molecule has 0 aromatic heterocycles. The van der Waals surface area contributed by atoms with Crippen molar-refractivity contribution in [1.29, 1.82) is 0 Å². The molecule has 0 aromatic carbocycles. The van der Waals surface area contributed by atoms with Gasteiger partial charge in [0.2, 0.25) is 5.91 Å². The van der Waals surface area contributed by atoms with E-state index in [0.717, 1.165) is 39.0 Å². The molecular formula is C15H28N2O. The second-order valence-corrected chi connectivity index (χ2v) is 6.33. The third-order valence-electron chi connectivity index (χ3n) is 4.68. The molecule has 2 heterocycles. The second-order valence-electron chi connectivity index (χ2n) is 6.33. The van der Waals surface area contributed by atoms with E-state index in [1.54, 1.807) is 0 Å². The van der Waals surface area contributed by atoms with E-state index < -0.39 is 0 Å². The van der Waals surface area contributed by atoms with Crippen molar-refractivity contribution in [3.63, 3.8) is 0 Å². The predicted molar refractivity (Wildman–Crippen MR) is 74.4 cm³/mol. The zero-order valence-corrected chi connectivity index (χ0v) is 12.0. The lowest BCUT2D eigenvalue weighted by Crippen LogP contribution is -2.53. The van der Waals surface area contributed by atoms with Gasteiger partial charge in [-0.2, -0.15) is 0 Å². The number of hydrogen-bond acceptors (Lipinski definition) is 2. The van der Waals surface area contributed by atoms with E-state index in [2.05, 4.69) is 24.1 Å². The summed E-state index contributed by atoms with van der Waals surface area (Å²) in [5.41, 5.74) is 0.387.